The Morgan fingerprint density at radius 3 is 2.53 bits per heavy atom. The third-order valence-corrected chi connectivity index (χ3v) is 3.25. The van der Waals surface area contributed by atoms with Crippen LogP contribution in [0.5, 0.6) is 5.75 Å². The highest BCUT2D eigenvalue weighted by molar-refractivity contribution is 6.21. The van der Waals surface area contributed by atoms with Crippen LogP contribution in [0.2, 0.25) is 0 Å². The second kappa shape index (κ2) is 6.90. The standard InChI is InChI=1S/C15H23ClO/c1-5-17-15-9-7-12(4)10-13(15)14(16)8-6-11(2)3/h7,9-11,14H,5-6,8H2,1-4H3. The van der Waals surface area contributed by atoms with Gasteiger partial charge in [0, 0.05) is 5.56 Å². The zero-order valence-electron chi connectivity index (χ0n) is 11.3. The van der Waals surface area contributed by atoms with Gasteiger partial charge in [-0.05, 0) is 38.7 Å². The first-order chi connectivity index (χ1) is 8.04. The third kappa shape index (κ3) is 4.59. The fourth-order valence-corrected chi connectivity index (χ4v) is 2.13. The summed E-state index contributed by atoms with van der Waals surface area (Å²) in [6.07, 6.45) is 2.15. The molecule has 0 heterocycles. The highest BCUT2D eigenvalue weighted by atomic mass is 35.5. The molecule has 0 spiro atoms. The number of hydrogen-bond acceptors (Lipinski definition) is 1. The Hall–Kier alpha value is -0.690. The lowest BCUT2D eigenvalue weighted by Crippen LogP contribution is -2.01. The second-order valence-corrected chi connectivity index (χ2v) is 5.44. The number of aryl methyl sites for hydroxylation is 1. The number of alkyl halides is 1. The summed E-state index contributed by atoms with van der Waals surface area (Å²) < 4.78 is 5.64. The minimum absolute atomic E-state index is 0.0545. The highest BCUT2D eigenvalue weighted by Gasteiger charge is 2.14. The normalized spacial score (nSPS) is 12.8. The van der Waals surface area contributed by atoms with Crippen LogP contribution in [0, 0.1) is 12.8 Å². The summed E-state index contributed by atoms with van der Waals surface area (Å²) in [6, 6.07) is 6.24. The summed E-state index contributed by atoms with van der Waals surface area (Å²) in [5, 5.41) is 0.0545. The monoisotopic (exact) mass is 254 g/mol. The van der Waals surface area contributed by atoms with Crippen molar-refractivity contribution in [2.75, 3.05) is 6.61 Å². The van der Waals surface area contributed by atoms with E-state index in [2.05, 4.69) is 32.9 Å². The van der Waals surface area contributed by atoms with Gasteiger partial charge in [0.25, 0.3) is 0 Å². The van der Waals surface area contributed by atoms with Crippen LogP contribution in [0.15, 0.2) is 18.2 Å². The topological polar surface area (TPSA) is 9.23 Å². The van der Waals surface area contributed by atoms with Gasteiger partial charge in [-0.3, -0.25) is 0 Å². The van der Waals surface area contributed by atoms with E-state index in [1.165, 1.54) is 5.56 Å². The molecular weight excluding hydrogens is 232 g/mol. The SMILES string of the molecule is CCOc1ccc(C)cc1C(Cl)CCC(C)C. The molecule has 0 fully saturated rings. The summed E-state index contributed by atoms with van der Waals surface area (Å²) in [5.74, 6) is 1.62. The largest absolute Gasteiger partial charge is 0.494 e. The van der Waals surface area contributed by atoms with Crippen molar-refractivity contribution < 1.29 is 4.74 Å². The average Bonchev–Trinajstić information content (AvgIpc) is 2.28. The molecule has 1 aromatic carbocycles. The molecule has 0 bridgehead atoms. The van der Waals surface area contributed by atoms with Gasteiger partial charge in [-0.25, -0.2) is 0 Å². The molecule has 0 saturated heterocycles. The Kier molecular flexibility index (Phi) is 5.84. The first-order valence-electron chi connectivity index (χ1n) is 6.42. The molecule has 0 radical (unpaired) electrons. The number of benzene rings is 1. The lowest BCUT2D eigenvalue weighted by atomic mass is 10.00. The van der Waals surface area contributed by atoms with Crippen molar-refractivity contribution in [2.24, 2.45) is 5.92 Å². The van der Waals surface area contributed by atoms with E-state index < -0.39 is 0 Å². The molecule has 0 amide bonds. The van der Waals surface area contributed by atoms with Crippen molar-refractivity contribution in [3.63, 3.8) is 0 Å². The highest BCUT2D eigenvalue weighted by Crippen LogP contribution is 2.34. The zero-order valence-corrected chi connectivity index (χ0v) is 12.1. The number of hydrogen-bond donors (Lipinski definition) is 0. The van der Waals surface area contributed by atoms with Gasteiger partial charge in [-0.15, -0.1) is 11.6 Å². The third-order valence-electron chi connectivity index (χ3n) is 2.80. The fraction of sp³-hybridized carbons (Fsp3) is 0.600. The minimum Gasteiger partial charge on any atom is -0.494 e. The maximum Gasteiger partial charge on any atom is 0.123 e. The molecule has 0 N–H and O–H groups in total. The molecule has 0 aliphatic carbocycles. The number of halogens is 1. The average molecular weight is 255 g/mol. The first kappa shape index (κ1) is 14.4. The Balaban J connectivity index is 2.81. The Morgan fingerprint density at radius 2 is 1.94 bits per heavy atom. The maximum absolute atomic E-state index is 6.48. The molecule has 1 atom stereocenters. The van der Waals surface area contributed by atoms with E-state index in [0.717, 1.165) is 24.2 Å². The number of ether oxygens (including phenoxy) is 1. The van der Waals surface area contributed by atoms with E-state index >= 15 is 0 Å². The van der Waals surface area contributed by atoms with Crippen LogP contribution in [-0.4, -0.2) is 6.61 Å². The van der Waals surface area contributed by atoms with Crippen molar-refractivity contribution in [1.82, 2.24) is 0 Å². The summed E-state index contributed by atoms with van der Waals surface area (Å²) in [7, 11) is 0. The Bertz CT molecular complexity index is 347. The molecular formula is C15H23ClO. The molecule has 1 rings (SSSR count). The van der Waals surface area contributed by atoms with Gasteiger partial charge in [0.05, 0.1) is 12.0 Å². The first-order valence-corrected chi connectivity index (χ1v) is 6.85. The second-order valence-electron chi connectivity index (χ2n) is 4.91. The molecule has 1 aromatic rings. The molecule has 17 heavy (non-hydrogen) atoms. The summed E-state index contributed by atoms with van der Waals surface area (Å²) in [4.78, 5) is 0. The zero-order chi connectivity index (χ0) is 12.8. The quantitative estimate of drug-likeness (QED) is 0.641. The van der Waals surface area contributed by atoms with Crippen LogP contribution in [0.1, 0.15) is 50.1 Å². The fourth-order valence-electron chi connectivity index (χ4n) is 1.83. The Morgan fingerprint density at radius 1 is 1.24 bits per heavy atom. The molecule has 0 aliphatic heterocycles. The molecule has 2 heteroatoms. The van der Waals surface area contributed by atoms with Gasteiger partial charge in [-0.1, -0.05) is 31.5 Å². The van der Waals surface area contributed by atoms with Crippen molar-refractivity contribution in [2.45, 2.75) is 45.9 Å². The molecule has 0 aromatic heterocycles. The van der Waals surface area contributed by atoms with Gasteiger partial charge in [0.2, 0.25) is 0 Å². The molecule has 1 nitrogen and oxygen atoms in total. The summed E-state index contributed by atoms with van der Waals surface area (Å²) in [6.45, 7) is 9.22. The van der Waals surface area contributed by atoms with E-state index in [9.17, 15) is 0 Å². The predicted octanol–water partition coefficient (Wildman–Crippen LogP) is 5.11. The predicted molar refractivity (Wildman–Crippen MR) is 75.0 cm³/mol. The van der Waals surface area contributed by atoms with Crippen molar-refractivity contribution in [1.29, 1.82) is 0 Å². The van der Waals surface area contributed by atoms with Crippen molar-refractivity contribution in [3.05, 3.63) is 29.3 Å². The molecule has 96 valence electrons. The van der Waals surface area contributed by atoms with Crippen LogP contribution in [0.25, 0.3) is 0 Å². The minimum atomic E-state index is 0.0545. The van der Waals surface area contributed by atoms with Gasteiger partial charge in [0.1, 0.15) is 5.75 Å². The van der Waals surface area contributed by atoms with Gasteiger partial charge >= 0.3 is 0 Å². The van der Waals surface area contributed by atoms with Gasteiger partial charge in [-0.2, -0.15) is 0 Å². The number of rotatable bonds is 6. The Labute approximate surface area is 110 Å². The van der Waals surface area contributed by atoms with Crippen molar-refractivity contribution in [3.8, 4) is 5.75 Å². The van der Waals surface area contributed by atoms with Crippen LogP contribution >= 0.6 is 11.6 Å². The van der Waals surface area contributed by atoms with Crippen LogP contribution in [-0.2, 0) is 0 Å². The summed E-state index contributed by atoms with van der Waals surface area (Å²) in [5.41, 5.74) is 2.37. The smallest absolute Gasteiger partial charge is 0.123 e. The molecule has 0 aliphatic rings. The van der Waals surface area contributed by atoms with Crippen LogP contribution in [0.3, 0.4) is 0 Å². The van der Waals surface area contributed by atoms with Gasteiger partial charge in [0.15, 0.2) is 0 Å². The molecule has 1 unspecified atom stereocenters. The van der Waals surface area contributed by atoms with E-state index in [4.69, 9.17) is 16.3 Å². The van der Waals surface area contributed by atoms with Crippen molar-refractivity contribution >= 4 is 11.6 Å². The van der Waals surface area contributed by atoms with E-state index in [1.807, 2.05) is 13.0 Å². The summed E-state index contributed by atoms with van der Waals surface area (Å²) >= 11 is 6.48. The van der Waals surface area contributed by atoms with E-state index in [1.54, 1.807) is 0 Å². The lowest BCUT2D eigenvalue weighted by Gasteiger charge is -2.16. The van der Waals surface area contributed by atoms with Crippen LogP contribution < -0.4 is 4.74 Å². The van der Waals surface area contributed by atoms with Crippen LogP contribution in [0.4, 0.5) is 0 Å². The molecule has 0 saturated carbocycles. The lowest BCUT2D eigenvalue weighted by molar-refractivity contribution is 0.335. The van der Waals surface area contributed by atoms with Gasteiger partial charge < -0.3 is 4.74 Å². The van der Waals surface area contributed by atoms with E-state index in [-0.39, 0.29) is 5.38 Å². The maximum atomic E-state index is 6.48. The van der Waals surface area contributed by atoms with E-state index in [0.29, 0.717) is 12.5 Å².